The highest BCUT2D eigenvalue weighted by molar-refractivity contribution is 7.13. The number of pyridine rings is 1. The van der Waals surface area contributed by atoms with Gasteiger partial charge in [-0.2, -0.15) is 0 Å². The van der Waals surface area contributed by atoms with Crippen molar-refractivity contribution in [1.82, 2.24) is 9.55 Å². The van der Waals surface area contributed by atoms with Crippen LogP contribution in [0.4, 0.5) is 4.39 Å². The van der Waals surface area contributed by atoms with E-state index in [-0.39, 0.29) is 11.4 Å². The zero-order chi connectivity index (χ0) is 18.1. The van der Waals surface area contributed by atoms with E-state index in [4.69, 9.17) is 0 Å². The molecule has 0 N–H and O–H groups in total. The molecule has 0 bridgehead atoms. The molecule has 5 heteroatoms. The Kier molecular flexibility index (Phi) is 8.06. The van der Waals surface area contributed by atoms with Gasteiger partial charge in [-0.15, -0.1) is 11.3 Å². The van der Waals surface area contributed by atoms with E-state index in [0.717, 1.165) is 16.3 Å². The van der Waals surface area contributed by atoms with Crippen LogP contribution in [0.3, 0.4) is 0 Å². The number of aromatic nitrogens is 2. The first-order valence-corrected chi connectivity index (χ1v) is 8.65. The normalized spacial score (nSPS) is 9.42. The van der Waals surface area contributed by atoms with E-state index in [2.05, 4.69) is 4.98 Å². The second-order valence-corrected chi connectivity index (χ2v) is 5.79. The zero-order valence-corrected chi connectivity index (χ0v) is 15.5. The number of rotatable bonds is 1. The lowest BCUT2D eigenvalue weighted by molar-refractivity contribution is 0.631. The van der Waals surface area contributed by atoms with Crippen LogP contribution in [0.1, 0.15) is 25.1 Å². The highest BCUT2D eigenvalue weighted by atomic mass is 32.1. The van der Waals surface area contributed by atoms with E-state index in [0.29, 0.717) is 5.56 Å². The third-order valence-electron chi connectivity index (χ3n) is 2.98. The smallest absolute Gasteiger partial charge is 0.250 e. The van der Waals surface area contributed by atoms with Gasteiger partial charge in [0.25, 0.3) is 5.56 Å². The SMILES string of the molecule is CC.Cc1ccn(C)c(=O)c1.Cc1csc(-c2ccccc2F)n1. The van der Waals surface area contributed by atoms with E-state index in [9.17, 15) is 9.18 Å². The highest BCUT2D eigenvalue weighted by Crippen LogP contribution is 2.25. The molecule has 2 aromatic heterocycles. The maximum Gasteiger partial charge on any atom is 0.250 e. The van der Waals surface area contributed by atoms with Gasteiger partial charge in [-0.25, -0.2) is 9.37 Å². The lowest BCUT2D eigenvalue weighted by Gasteiger charge is -1.96. The quantitative estimate of drug-likeness (QED) is 0.623. The van der Waals surface area contributed by atoms with Crippen molar-refractivity contribution >= 4 is 11.3 Å². The van der Waals surface area contributed by atoms with Gasteiger partial charge in [-0.3, -0.25) is 4.79 Å². The van der Waals surface area contributed by atoms with Crippen LogP contribution in [-0.4, -0.2) is 9.55 Å². The molecule has 3 rings (SSSR count). The number of nitrogens with zero attached hydrogens (tertiary/aromatic N) is 2. The largest absolute Gasteiger partial charge is 0.319 e. The van der Waals surface area contributed by atoms with Crippen molar-refractivity contribution in [3.8, 4) is 10.6 Å². The lowest BCUT2D eigenvalue weighted by atomic mass is 10.2. The van der Waals surface area contributed by atoms with Crippen molar-refractivity contribution < 1.29 is 4.39 Å². The topological polar surface area (TPSA) is 34.9 Å². The van der Waals surface area contributed by atoms with Crippen LogP contribution >= 0.6 is 11.3 Å². The van der Waals surface area contributed by atoms with E-state index in [1.165, 1.54) is 17.4 Å². The van der Waals surface area contributed by atoms with Crippen molar-refractivity contribution in [3.05, 3.63) is 75.4 Å². The Labute approximate surface area is 146 Å². The summed E-state index contributed by atoms with van der Waals surface area (Å²) in [6.45, 7) is 7.81. The molecule has 3 aromatic rings. The fourth-order valence-electron chi connectivity index (χ4n) is 1.76. The Balaban J connectivity index is 0.000000230. The Morgan fingerprint density at radius 1 is 1.12 bits per heavy atom. The number of hydrogen-bond donors (Lipinski definition) is 0. The summed E-state index contributed by atoms with van der Waals surface area (Å²) in [6.07, 6.45) is 1.76. The molecular weight excluding hydrogens is 323 g/mol. The molecule has 0 aliphatic rings. The maximum absolute atomic E-state index is 13.3. The van der Waals surface area contributed by atoms with Gasteiger partial charge < -0.3 is 4.57 Å². The van der Waals surface area contributed by atoms with E-state index in [1.54, 1.807) is 36.0 Å². The summed E-state index contributed by atoms with van der Waals surface area (Å²) < 4.78 is 14.8. The monoisotopic (exact) mass is 346 g/mol. The van der Waals surface area contributed by atoms with Crippen LogP contribution in [0.2, 0.25) is 0 Å². The maximum atomic E-state index is 13.3. The van der Waals surface area contributed by atoms with Crippen LogP contribution in [0.25, 0.3) is 10.6 Å². The molecule has 0 fully saturated rings. The van der Waals surface area contributed by atoms with E-state index < -0.39 is 0 Å². The average molecular weight is 346 g/mol. The van der Waals surface area contributed by atoms with Crippen LogP contribution in [0, 0.1) is 19.7 Å². The minimum Gasteiger partial charge on any atom is -0.319 e. The molecule has 0 unspecified atom stereocenters. The van der Waals surface area contributed by atoms with Crippen molar-refractivity contribution in [2.75, 3.05) is 0 Å². The molecule has 128 valence electrons. The molecule has 0 saturated carbocycles. The van der Waals surface area contributed by atoms with Gasteiger partial charge in [0.2, 0.25) is 0 Å². The molecule has 2 heterocycles. The summed E-state index contributed by atoms with van der Waals surface area (Å²) in [5, 5.41) is 2.66. The summed E-state index contributed by atoms with van der Waals surface area (Å²) in [5.74, 6) is -0.211. The van der Waals surface area contributed by atoms with Crippen molar-refractivity contribution in [2.24, 2.45) is 7.05 Å². The molecular formula is C19H23FN2OS. The average Bonchev–Trinajstić information content (AvgIpc) is 3.00. The summed E-state index contributed by atoms with van der Waals surface area (Å²) in [7, 11) is 1.74. The molecule has 0 radical (unpaired) electrons. The molecule has 0 aliphatic heterocycles. The van der Waals surface area contributed by atoms with Gasteiger partial charge in [0.15, 0.2) is 0 Å². The lowest BCUT2D eigenvalue weighted by Crippen LogP contribution is -2.13. The first-order valence-electron chi connectivity index (χ1n) is 7.77. The molecule has 0 amide bonds. The predicted octanol–water partition coefficient (Wildman–Crippen LogP) is 4.98. The minimum absolute atomic E-state index is 0.0509. The molecule has 0 spiro atoms. The third kappa shape index (κ3) is 5.74. The van der Waals surface area contributed by atoms with Crippen molar-refractivity contribution in [1.29, 1.82) is 0 Å². The van der Waals surface area contributed by atoms with Crippen LogP contribution in [0.5, 0.6) is 0 Å². The molecule has 1 aromatic carbocycles. The highest BCUT2D eigenvalue weighted by Gasteiger charge is 2.06. The number of halogens is 1. The molecule has 24 heavy (non-hydrogen) atoms. The molecule has 0 aliphatic carbocycles. The predicted molar refractivity (Wildman–Crippen MR) is 100 cm³/mol. The molecule has 0 atom stereocenters. The van der Waals surface area contributed by atoms with Crippen molar-refractivity contribution in [2.45, 2.75) is 27.7 Å². The molecule has 0 saturated heterocycles. The van der Waals surface area contributed by atoms with Gasteiger partial charge in [-0.05, 0) is 37.6 Å². The number of aryl methyl sites for hydroxylation is 3. The van der Waals surface area contributed by atoms with E-state index in [1.807, 2.05) is 45.2 Å². The second kappa shape index (κ2) is 9.78. The van der Waals surface area contributed by atoms with E-state index >= 15 is 0 Å². The van der Waals surface area contributed by atoms with Gasteiger partial charge >= 0.3 is 0 Å². The fourth-order valence-corrected chi connectivity index (χ4v) is 2.58. The van der Waals surface area contributed by atoms with Gasteiger partial charge in [0.1, 0.15) is 10.8 Å². The summed E-state index contributed by atoms with van der Waals surface area (Å²) >= 11 is 1.47. The van der Waals surface area contributed by atoms with Crippen LogP contribution in [-0.2, 0) is 7.05 Å². The van der Waals surface area contributed by atoms with Crippen molar-refractivity contribution in [3.63, 3.8) is 0 Å². The molecule has 3 nitrogen and oxygen atoms in total. The zero-order valence-electron chi connectivity index (χ0n) is 14.7. The first kappa shape index (κ1) is 19.8. The Hall–Kier alpha value is -2.27. The minimum atomic E-state index is -0.211. The number of benzene rings is 1. The van der Waals surface area contributed by atoms with Crippen LogP contribution in [0.15, 0.2) is 52.8 Å². The summed E-state index contributed by atoms with van der Waals surface area (Å²) in [4.78, 5) is 15.0. The Morgan fingerprint density at radius 3 is 2.29 bits per heavy atom. The Bertz CT molecular complexity index is 824. The van der Waals surface area contributed by atoms with Gasteiger partial charge in [-0.1, -0.05) is 26.0 Å². The Morgan fingerprint density at radius 2 is 1.79 bits per heavy atom. The first-order chi connectivity index (χ1) is 11.5. The number of thiazole rings is 1. The summed E-state index contributed by atoms with van der Waals surface area (Å²) in [6, 6.07) is 10.2. The van der Waals surface area contributed by atoms with Crippen LogP contribution < -0.4 is 5.56 Å². The van der Waals surface area contributed by atoms with Gasteiger partial charge in [0.05, 0.1) is 0 Å². The van der Waals surface area contributed by atoms with Gasteiger partial charge in [0, 0.05) is 35.9 Å². The summed E-state index contributed by atoms with van der Waals surface area (Å²) in [5.41, 5.74) is 2.58. The number of hydrogen-bond acceptors (Lipinski definition) is 3. The fraction of sp³-hybridized carbons (Fsp3) is 0.263. The standard InChI is InChI=1S/C10H8FNS.C7H9NO.C2H6/c1-7-6-13-10(12-7)8-4-2-3-5-9(8)11;1-6-3-4-8(2)7(9)5-6;1-2/h2-6H,1H3;3-5H,1-2H3;1-2H3. The third-order valence-corrected chi connectivity index (χ3v) is 3.98. The second-order valence-electron chi connectivity index (χ2n) is 4.93.